The second-order valence-electron chi connectivity index (χ2n) is 5.79. The molecule has 114 valence electrons. The summed E-state index contributed by atoms with van der Waals surface area (Å²) in [6.45, 7) is 4.15. The molecule has 0 N–H and O–H groups in total. The van der Waals surface area contributed by atoms with Gasteiger partial charge in [-0.1, -0.05) is 0 Å². The summed E-state index contributed by atoms with van der Waals surface area (Å²) in [6.07, 6.45) is 8.18. The Bertz CT molecular complexity index is 530. The minimum Gasteiger partial charge on any atom is -0.497 e. The number of carbonyl (C=O) groups is 1. The van der Waals surface area contributed by atoms with Gasteiger partial charge in [0.15, 0.2) is 0 Å². The third kappa shape index (κ3) is 2.71. The predicted octanol–water partition coefficient (Wildman–Crippen LogP) is 2.78. The summed E-state index contributed by atoms with van der Waals surface area (Å²) >= 11 is 0. The quantitative estimate of drug-likeness (QED) is 0.749. The number of hydrogen-bond acceptors (Lipinski definition) is 4. The number of nitrogens with zero attached hydrogens (tertiary/aromatic N) is 1. The van der Waals surface area contributed by atoms with Crippen LogP contribution in [0.5, 0.6) is 0 Å². The molecule has 3 rings (SSSR count). The molecule has 0 saturated carbocycles. The standard InChI is InChI=1S/C17H23NO3/c1-3-21-17(19)13-4-7-16-15-6-5-14(20-2)10-12(15)8-9-18(16)11-13/h5,10,13H,3-4,6-9,11H2,1-2H3. The molecule has 0 aromatic carbocycles. The number of piperidine rings is 1. The number of esters is 1. The summed E-state index contributed by atoms with van der Waals surface area (Å²) in [5.41, 5.74) is 4.29. The summed E-state index contributed by atoms with van der Waals surface area (Å²) < 4.78 is 10.5. The van der Waals surface area contributed by atoms with Crippen molar-refractivity contribution in [2.75, 3.05) is 26.8 Å². The zero-order valence-corrected chi connectivity index (χ0v) is 12.9. The van der Waals surface area contributed by atoms with Crippen molar-refractivity contribution in [3.05, 3.63) is 34.8 Å². The molecule has 1 saturated heterocycles. The number of ether oxygens (including phenoxy) is 2. The summed E-state index contributed by atoms with van der Waals surface area (Å²) in [7, 11) is 1.72. The molecule has 0 aromatic heterocycles. The monoisotopic (exact) mass is 289 g/mol. The van der Waals surface area contributed by atoms with Crippen LogP contribution in [0.3, 0.4) is 0 Å². The normalized spacial score (nSPS) is 24.7. The first kappa shape index (κ1) is 14.2. The largest absolute Gasteiger partial charge is 0.497 e. The Balaban J connectivity index is 1.76. The average Bonchev–Trinajstić information content (AvgIpc) is 2.53. The van der Waals surface area contributed by atoms with Crippen molar-refractivity contribution in [3.63, 3.8) is 0 Å². The first-order chi connectivity index (χ1) is 10.2. The van der Waals surface area contributed by atoms with E-state index >= 15 is 0 Å². The highest BCUT2D eigenvalue weighted by Crippen LogP contribution is 2.39. The van der Waals surface area contributed by atoms with Gasteiger partial charge in [0.05, 0.1) is 19.6 Å². The maximum Gasteiger partial charge on any atom is 0.310 e. The van der Waals surface area contributed by atoms with E-state index in [4.69, 9.17) is 9.47 Å². The van der Waals surface area contributed by atoms with E-state index in [9.17, 15) is 4.79 Å². The zero-order valence-electron chi connectivity index (χ0n) is 12.9. The molecule has 4 heteroatoms. The summed E-state index contributed by atoms with van der Waals surface area (Å²) in [5.74, 6) is 0.976. The average molecular weight is 289 g/mol. The molecule has 21 heavy (non-hydrogen) atoms. The molecule has 2 aliphatic heterocycles. The van der Waals surface area contributed by atoms with Crippen LogP contribution in [0, 0.1) is 5.92 Å². The van der Waals surface area contributed by atoms with Gasteiger partial charge in [0.2, 0.25) is 0 Å². The highest BCUT2D eigenvalue weighted by molar-refractivity contribution is 5.73. The fraction of sp³-hybridized carbons (Fsp3) is 0.588. The van der Waals surface area contributed by atoms with Crippen LogP contribution in [0.2, 0.25) is 0 Å². The molecule has 2 heterocycles. The van der Waals surface area contributed by atoms with Crippen LogP contribution in [-0.4, -0.2) is 37.7 Å². The maximum atomic E-state index is 11.9. The van der Waals surface area contributed by atoms with Crippen molar-refractivity contribution in [2.45, 2.75) is 32.6 Å². The van der Waals surface area contributed by atoms with E-state index in [0.29, 0.717) is 6.61 Å². The van der Waals surface area contributed by atoms with Crippen molar-refractivity contribution in [3.8, 4) is 0 Å². The second kappa shape index (κ2) is 5.96. The Morgan fingerprint density at radius 1 is 1.43 bits per heavy atom. The molecule has 3 aliphatic rings. The van der Waals surface area contributed by atoms with E-state index in [0.717, 1.165) is 44.5 Å². The number of methoxy groups -OCH3 is 1. The molecule has 4 nitrogen and oxygen atoms in total. The summed E-state index contributed by atoms with van der Waals surface area (Å²) in [5, 5.41) is 0. The third-order valence-electron chi connectivity index (χ3n) is 4.62. The molecule has 0 radical (unpaired) electrons. The molecule has 0 bridgehead atoms. The molecule has 1 fully saturated rings. The summed E-state index contributed by atoms with van der Waals surface area (Å²) in [4.78, 5) is 14.3. The number of allylic oxidation sites excluding steroid dienone is 4. The Morgan fingerprint density at radius 3 is 3.05 bits per heavy atom. The van der Waals surface area contributed by atoms with Gasteiger partial charge in [-0.2, -0.15) is 0 Å². The highest BCUT2D eigenvalue weighted by Gasteiger charge is 2.33. The van der Waals surface area contributed by atoms with Crippen LogP contribution in [-0.2, 0) is 14.3 Å². The van der Waals surface area contributed by atoms with E-state index in [1.807, 2.05) is 6.92 Å². The van der Waals surface area contributed by atoms with Crippen LogP contribution in [0.15, 0.2) is 34.8 Å². The van der Waals surface area contributed by atoms with Gasteiger partial charge >= 0.3 is 5.97 Å². The van der Waals surface area contributed by atoms with Crippen molar-refractivity contribution >= 4 is 5.97 Å². The van der Waals surface area contributed by atoms with Crippen LogP contribution < -0.4 is 0 Å². The van der Waals surface area contributed by atoms with Crippen molar-refractivity contribution < 1.29 is 14.3 Å². The van der Waals surface area contributed by atoms with Gasteiger partial charge in [0, 0.05) is 18.8 Å². The second-order valence-corrected chi connectivity index (χ2v) is 5.79. The first-order valence-corrected chi connectivity index (χ1v) is 7.81. The van der Waals surface area contributed by atoms with Crippen LogP contribution in [0.25, 0.3) is 0 Å². The van der Waals surface area contributed by atoms with Gasteiger partial charge in [-0.25, -0.2) is 0 Å². The molecule has 0 aromatic rings. The fourth-order valence-electron chi connectivity index (χ4n) is 3.53. The molecule has 1 aliphatic carbocycles. The predicted molar refractivity (Wildman–Crippen MR) is 80.4 cm³/mol. The van der Waals surface area contributed by atoms with Gasteiger partial charge in [0.25, 0.3) is 0 Å². The van der Waals surface area contributed by atoms with Crippen molar-refractivity contribution in [1.29, 1.82) is 0 Å². The lowest BCUT2D eigenvalue weighted by Gasteiger charge is -2.41. The van der Waals surface area contributed by atoms with Crippen LogP contribution >= 0.6 is 0 Å². The topological polar surface area (TPSA) is 38.8 Å². The minimum atomic E-state index is -0.0342. The Hall–Kier alpha value is -1.71. The van der Waals surface area contributed by atoms with E-state index in [2.05, 4.69) is 17.1 Å². The first-order valence-electron chi connectivity index (χ1n) is 7.81. The van der Waals surface area contributed by atoms with Gasteiger partial charge in [0.1, 0.15) is 5.76 Å². The van der Waals surface area contributed by atoms with E-state index < -0.39 is 0 Å². The van der Waals surface area contributed by atoms with Crippen molar-refractivity contribution in [1.82, 2.24) is 4.90 Å². The highest BCUT2D eigenvalue weighted by atomic mass is 16.5. The fourth-order valence-corrected chi connectivity index (χ4v) is 3.53. The minimum absolute atomic E-state index is 0.0342. The zero-order chi connectivity index (χ0) is 14.8. The Morgan fingerprint density at radius 2 is 2.29 bits per heavy atom. The lowest BCUT2D eigenvalue weighted by atomic mass is 9.84. The SMILES string of the molecule is CCOC(=O)C1CCC2=C3CC=C(OC)C=C3CCN2C1. The van der Waals surface area contributed by atoms with E-state index in [-0.39, 0.29) is 11.9 Å². The molecular formula is C17H23NO3. The maximum absolute atomic E-state index is 11.9. The molecule has 1 atom stereocenters. The molecule has 0 amide bonds. The van der Waals surface area contributed by atoms with Crippen molar-refractivity contribution in [2.24, 2.45) is 5.92 Å². The number of rotatable bonds is 3. The molecule has 1 unspecified atom stereocenters. The smallest absolute Gasteiger partial charge is 0.310 e. The van der Waals surface area contributed by atoms with Gasteiger partial charge in [-0.15, -0.1) is 0 Å². The van der Waals surface area contributed by atoms with Crippen LogP contribution in [0.4, 0.5) is 0 Å². The van der Waals surface area contributed by atoms with E-state index in [1.54, 1.807) is 7.11 Å². The molecule has 0 spiro atoms. The lowest BCUT2D eigenvalue weighted by molar-refractivity contribution is -0.149. The van der Waals surface area contributed by atoms with Gasteiger partial charge in [-0.3, -0.25) is 4.79 Å². The molecular weight excluding hydrogens is 266 g/mol. The van der Waals surface area contributed by atoms with Gasteiger partial charge in [-0.05, 0) is 55.9 Å². The Labute approximate surface area is 126 Å². The van der Waals surface area contributed by atoms with E-state index in [1.165, 1.54) is 16.8 Å². The van der Waals surface area contributed by atoms with Crippen LogP contribution in [0.1, 0.15) is 32.6 Å². The number of carbonyl (C=O) groups excluding carboxylic acids is 1. The Kier molecular flexibility index (Phi) is 4.04. The summed E-state index contributed by atoms with van der Waals surface area (Å²) in [6, 6.07) is 0. The number of fused-ring (bicyclic) bond motifs is 2. The number of hydrogen-bond donors (Lipinski definition) is 0. The lowest BCUT2D eigenvalue weighted by Crippen LogP contribution is -2.41. The van der Waals surface area contributed by atoms with Gasteiger partial charge < -0.3 is 14.4 Å². The third-order valence-corrected chi connectivity index (χ3v) is 4.62.